The molecule has 1 aromatic carbocycles. The van der Waals surface area contributed by atoms with Crippen molar-refractivity contribution in [1.82, 2.24) is 19.6 Å². The van der Waals surface area contributed by atoms with Crippen molar-refractivity contribution in [2.24, 2.45) is 0 Å². The summed E-state index contributed by atoms with van der Waals surface area (Å²) in [6.07, 6.45) is 4.28. The highest BCUT2D eigenvalue weighted by Crippen LogP contribution is 2.07. The number of aromatic nitrogens is 2. The third kappa shape index (κ3) is 4.46. The van der Waals surface area contributed by atoms with E-state index in [1.54, 1.807) is 0 Å². The predicted octanol–water partition coefficient (Wildman–Crippen LogP) is 1.73. The van der Waals surface area contributed by atoms with Crippen molar-refractivity contribution < 1.29 is 4.79 Å². The van der Waals surface area contributed by atoms with Gasteiger partial charge in [0.25, 0.3) is 11.5 Å². The van der Waals surface area contributed by atoms with Crippen LogP contribution >= 0.6 is 0 Å². The average molecular weight is 352 g/mol. The van der Waals surface area contributed by atoms with Crippen LogP contribution in [0, 0.1) is 0 Å². The van der Waals surface area contributed by atoms with Gasteiger partial charge >= 0.3 is 0 Å². The van der Waals surface area contributed by atoms with E-state index < -0.39 is 0 Å². The van der Waals surface area contributed by atoms with Crippen LogP contribution in [0.2, 0.25) is 0 Å². The number of hydrogen-bond acceptors (Lipinski definition) is 4. The molecule has 2 aromatic rings. The molecule has 1 aliphatic heterocycles. The van der Waals surface area contributed by atoms with Gasteiger partial charge < -0.3 is 4.90 Å². The Morgan fingerprint density at radius 1 is 1.08 bits per heavy atom. The molecule has 1 saturated heterocycles. The highest BCUT2D eigenvalue weighted by molar-refractivity contribution is 5.92. The minimum absolute atomic E-state index is 0.105. The summed E-state index contributed by atoms with van der Waals surface area (Å²) in [5.41, 5.74) is 1.35. The van der Waals surface area contributed by atoms with Gasteiger partial charge in [-0.2, -0.15) is 5.10 Å². The number of rotatable bonds is 5. The smallest absolute Gasteiger partial charge is 0.274 e. The Hall–Kier alpha value is -2.73. The molecule has 1 aromatic heterocycles. The van der Waals surface area contributed by atoms with Crippen molar-refractivity contribution in [3.05, 3.63) is 70.2 Å². The zero-order valence-electron chi connectivity index (χ0n) is 15.0. The molecule has 136 valence electrons. The summed E-state index contributed by atoms with van der Waals surface area (Å²) in [5, 5.41) is 4.16. The zero-order valence-corrected chi connectivity index (χ0v) is 15.0. The largest absolute Gasteiger partial charge is 0.335 e. The Balaban J connectivity index is 1.52. The van der Waals surface area contributed by atoms with Gasteiger partial charge in [0.15, 0.2) is 0 Å². The lowest BCUT2D eigenvalue weighted by molar-refractivity contribution is 0.0641. The van der Waals surface area contributed by atoms with Crippen LogP contribution in [0.3, 0.4) is 0 Å². The molecule has 1 fully saturated rings. The first kappa shape index (κ1) is 18.1. The van der Waals surface area contributed by atoms with Gasteiger partial charge in [0.2, 0.25) is 0 Å². The molecule has 6 nitrogen and oxygen atoms in total. The number of nitrogens with zero attached hydrogens (tertiary/aromatic N) is 4. The molecule has 0 radical (unpaired) electrons. The molecular weight excluding hydrogens is 328 g/mol. The van der Waals surface area contributed by atoms with Gasteiger partial charge in [-0.3, -0.25) is 14.5 Å². The second kappa shape index (κ2) is 8.58. The van der Waals surface area contributed by atoms with Gasteiger partial charge in [-0.1, -0.05) is 42.5 Å². The Bertz CT molecular complexity index is 821. The first-order valence-corrected chi connectivity index (χ1v) is 8.99. The normalized spacial score (nSPS) is 15.5. The van der Waals surface area contributed by atoms with Crippen molar-refractivity contribution in [3.63, 3.8) is 0 Å². The SMILES string of the molecule is CCn1nc(C(=O)N2CCN(C/C=C/c3ccccc3)CC2)ccc1=O. The number of hydrogen-bond donors (Lipinski definition) is 0. The van der Waals surface area contributed by atoms with Crippen molar-refractivity contribution in [3.8, 4) is 0 Å². The first-order chi connectivity index (χ1) is 12.7. The Kier molecular flexibility index (Phi) is 5.96. The third-order valence-electron chi connectivity index (χ3n) is 4.52. The summed E-state index contributed by atoms with van der Waals surface area (Å²) >= 11 is 0. The van der Waals surface area contributed by atoms with Crippen LogP contribution in [-0.4, -0.2) is 58.2 Å². The summed E-state index contributed by atoms with van der Waals surface area (Å²) in [6, 6.07) is 13.2. The monoisotopic (exact) mass is 352 g/mol. The summed E-state index contributed by atoms with van der Waals surface area (Å²) < 4.78 is 1.32. The fourth-order valence-electron chi connectivity index (χ4n) is 2.99. The number of carbonyl (C=O) groups is 1. The Morgan fingerprint density at radius 3 is 2.50 bits per heavy atom. The van der Waals surface area contributed by atoms with E-state index in [1.807, 2.05) is 30.0 Å². The second-order valence-electron chi connectivity index (χ2n) is 6.28. The molecule has 0 N–H and O–H groups in total. The molecule has 2 heterocycles. The molecule has 1 aliphatic rings. The van der Waals surface area contributed by atoms with E-state index in [0.717, 1.165) is 19.6 Å². The van der Waals surface area contributed by atoms with Gasteiger partial charge in [0.05, 0.1) is 0 Å². The maximum Gasteiger partial charge on any atom is 0.274 e. The van der Waals surface area contributed by atoms with Crippen LogP contribution < -0.4 is 5.56 Å². The summed E-state index contributed by atoms with van der Waals surface area (Å²) in [5.74, 6) is -0.105. The van der Waals surface area contributed by atoms with Crippen molar-refractivity contribution in [1.29, 1.82) is 0 Å². The van der Waals surface area contributed by atoms with Gasteiger partial charge in [-0.25, -0.2) is 4.68 Å². The molecule has 0 aliphatic carbocycles. The van der Waals surface area contributed by atoms with E-state index in [2.05, 4.69) is 34.3 Å². The van der Waals surface area contributed by atoms with E-state index in [4.69, 9.17) is 0 Å². The van der Waals surface area contributed by atoms with Crippen LogP contribution in [0.25, 0.3) is 6.08 Å². The lowest BCUT2D eigenvalue weighted by Gasteiger charge is -2.34. The number of amides is 1. The quantitative estimate of drug-likeness (QED) is 0.822. The van der Waals surface area contributed by atoms with Crippen LogP contribution in [0.15, 0.2) is 53.3 Å². The fourth-order valence-corrected chi connectivity index (χ4v) is 2.99. The molecule has 0 unspecified atom stereocenters. The molecule has 3 rings (SSSR count). The molecule has 0 spiro atoms. The lowest BCUT2D eigenvalue weighted by atomic mass is 10.2. The Labute approximate surface area is 153 Å². The number of benzene rings is 1. The van der Waals surface area contributed by atoms with Gasteiger partial charge in [-0.15, -0.1) is 0 Å². The van der Waals surface area contributed by atoms with E-state index in [1.165, 1.54) is 22.4 Å². The molecule has 26 heavy (non-hydrogen) atoms. The standard InChI is InChI=1S/C20H24N4O2/c1-2-24-19(25)11-10-18(21-24)20(26)23-15-13-22(14-16-23)12-6-9-17-7-4-3-5-8-17/h3-11H,2,12-16H2,1H3/b9-6+. The molecule has 0 bridgehead atoms. The minimum Gasteiger partial charge on any atom is -0.335 e. The molecule has 6 heteroatoms. The second-order valence-corrected chi connectivity index (χ2v) is 6.28. The number of aryl methyl sites for hydroxylation is 1. The summed E-state index contributed by atoms with van der Waals surface area (Å²) in [6.45, 7) is 6.17. The fraction of sp³-hybridized carbons (Fsp3) is 0.350. The molecular formula is C20H24N4O2. The Morgan fingerprint density at radius 2 is 1.81 bits per heavy atom. The highest BCUT2D eigenvalue weighted by Gasteiger charge is 2.22. The van der Waals surface area contributed by atoms with Crippen LogP contribution in [-0.2, 0) is 6.54 Å². The van der Waals surface area contributed by atoms with Gasteiger partial charge in [0.1, 0.15) is 5.69 Å². The molecule has 1 amide bonds. The zero-order chi connectivity index (χ0) is 18.4. The predicted molar refractivity (Wildman–Crippen MR) is 102 cm³/mol. The third-order valence-corrected chi connectivity index (χ3v) is 4.52. The van der Waals surface area contributed by atoms with Crippen molar-refractivity contribution in [2.45, 2.75) is 13.5 Å². The minimum atomic E-state index is -0.181. The molecule has 0 saturated carbocycles. The first-order valence-electron chi connectivity index (χ1n) is 8.99. The summed E-state index contributed by atoms with van der Waals surface area (Å²) in [7, 11) is 0. The maximum absolute atomic E-state index is 12.6. The van der Waals surface area contributed by atoms with Crippen molar-refractivity contribution in [2.75, 3.05) is 32.7 Å². The highest BCUT2D eigenvalue weighted by atomic mass is 16.2. The van der Waals surface area contributed by atoms with Crippen LogP contribution in [0.4, 0.5) is 0 Å². The van der Waals surface area contributed by atoms with E-state index >= 15 is 0 Å². The van der Waals surface area contributed by atoms with Crippen molar-refractivity contribution >= 4 is 12.0 Å². The van der Waals surface area contributed by atoms with E-state index in [-0.39, 0.29) is 11.5 Å². The average Bonchev–Trinajstić information content (AvgIpc) is 2.69. The van der Waals surface area contributed by atoms with E-state index in [0.29, 0.717) is 25.3 Å². The van der Waals surface area contributed by atoms with Gasteiger partial charge in [0, 0.05) is 45.3 Å². The van der Waals surface area contributed by atoms with Gasteiger partial charge in [-0.05, 0) is 18.6 Å². The maximum atomic E-state index is 12.6. The van der Waals surface area contributed by atoms with E-state index in [9.17, 15) is 9.59 Å². The topological polar surface area (TPSA) is 58.4 Å². The lowest BCUT2D eigenvalue weighted by Crippen LogP contribution is -2.49. The van der Waals surface area contributed by atoms with Crippen LogP contribution in [0.1, 0.15) is 23.0 Å². The number of carbonyl (C=O) groups excluding carboxylic acids is 1. The summed E-state index contributed by atoms with van der Waals surface area (Å²) in [4.78, 5) is 28.3. The number of piperazine rings is 1. The molecule has 0 atom stereocenters. The van der Waals surface area contributed by atoms with Crippen LogP contribution in [0.5, 0.6) is 0 Å².